The van der Waals surface area contributed by atoms with Crippen LogP contribution in [0.3, 0.4) is 0 Å². The molecule has 0 heterocycles. The lowest BCUT2D eigenvalue weighted by atomic mass is 9.68. The van der Waals surface area contributed by atoms with Gasteiger partial charge >= 0.3 is 6.18 Å². The fourth-order valence-corrected chi connectivity index (χ4v) is 3.96. The molecular weight excluding hydrogens is 409 g/mol. The van der Waals surface area contributed by atoms with Crippen molar-refractivity contribution in [3.8, 4) is 23.0 Å². The number of hydrogen-bond donors (Lipinski definition) is 2. The third-order valence-electron chi connectivity index (χ3n) is 5.47. The number of phenolic OH excluding ortho intramolecular Hbond substituents is 2. The second kappa shape index (κ2) is 8.06. The summed E-state index contributed by atoms with van der Waals surface area (Å²) in [5.41, 5.74) is -2.28. The number of aromatic hydroxyl groups is 2. The van der Waals surface area contributed by atoms with Gasteiger partial charge in [-0.1, -0.05) is 42.5 Å². The van der Waals surface area contributed by atoms with Crippen LogP contribution in [0.4, 0.5) is 13.2 Å². The smallest absolute Gasteiger partial charge is 0.406 e. The van der Waals surface area contributed by atoms with E-state index in [0.717, 1.165) is 12.1 Å². The largest absolute Gasteiger partial charge is 0.507 e. The molecule has 0 saturated carbocycles. The molecule has 3 aromatic rings. The van der Waals surface area contributed by atoms with E-state index in [1.807, 2.05) is 0 Å². The molecule has 0 aliphatic carbocycles. The molecule has 2 N–H and O–H groups in total. The molecule has 3 aromatic carbocycles. The topological polar surface area (TPSA) is 58.9 Å². The van der Waals surface area contributed by atoms with Gasteiger partial charge in [0.05, 0.1) is 14.2 Å². The summed E-state index contributed by atoms with van der Waals surface area (Å²) in [4.78, 5) is 0. The fraction of sp³-hybridized carbons (Fsp3) is 0.250. The summed E-state index contributed by atoms with van der Waals surface area (Å²) >= 11 is 0. The first-order chi connectivity index (χ1) is 14.6. The summed E-state index contributed by atoms with van der Waals surface area (Å²) in [6.45, 7) is 3.10. The standard InChI is InChI=1S/C24H23F3O4/c1-14-10-17(11-15(2)21(14)28)23(24(25,26)27,16-8-6-5-7-9-16)18-12-19(30-3)22(29)20(13-18)31-4/h5-13,28-29H,1-4H3. The van der Waals surface area contributed by atoms with Gasteiger partial charge in [0.2, 0.25) is 5.75 Å². The summed E-state index contributed by atoms with van der Waals surface area (Å²) in [7, 11) is 2.51. The summed E-state index contributed by atoms with van der Waals surface area (Å²) < 4.78 is 55.8. The molecular formula is C24H23F3O4. The summed E-state index contributed by atoms with van der Waals surface area (Å²) in [6, 6.07) is 12.5. The number of hydrogen-bond acceptors (Lipinski definition) is 4. The lowest BCUT2D eigenvalue weighted by Crippen LogP contribution is -2.44. The normalized spacial score (nSPS) is 13.5. The molecule has 0 aromatic heterocycles. The van der Waals surface area contributed by atoms with Crippen molar-refractivity contribution in [2.45, 2.75) is 25.4 Å². The maximum Gasteiger partial charge on any atom is 0.406 e. The Morgan fingerprint density at radius 3 is 1.55 bits per heavy atom. The first kappa shape index (κ1) is 22.3. The maximum absolute atomic E-state index is 15.2. The van der Waals surface area contributed by atoms with E-state index in [1.165, 1.54) is 50.6 Å². The van der Waals surface area contributed by atoms with Crippen molar-refractivity contribution in [2.75, 3.05) is 14.2 Å². The van der Waals surface area contributed by atoms with E-state index in [1.54, 1.807) is 19.9 Å². The zero-order valence-electron chi connectivity index (χ0n) is 17.5. The molecule has 0 radical (unpaired) electrons. The monoisotopic (exact) mass is 432 g/mol. The van der Waals surface area contributed by atoms with Crippen LogP contribution < -0.4 is 9.47 Å². The zero-order chi connectivity index (χ0) is 23.0. The summed E-state index contributed by atoms with van der Waals surface area (Å²) in [6.07, 6.45) is -4.79. The molecule has 7 heteroatoms. The van der Waals surface area contributed by atoms with Gasteiger partial charge in [0.1, 0.15) is 11.2 Å². The van der Waals surface area contributed by atoms with Gasteiger partial charge in [-0.05, 0) is 53.8 Å². The van der Waals surface area contributed by atoms with Crippen molar-refractivity contribution in [3.63, 3.8) is 0 Å². The van der Waals surface area contributed by atoms with Crippen molar-refractivity contribution in [3.05, 3.63) is 82.4 Å². The van der Waals surface area contributed by atoms with Crippen molar-refractivity contribution in [1.29, 1.82) is 0 Å². The minimum Gasteiger partial charge on any atom is -0.507 e. The van der Waals surface area contributed by atoms with Gasteiger partial charge in [0.15, 0.2) is 11.5 Å². The quantitative estimate of drug-likeness (QED) is 0.513. The van der Waals surface area contributed by atoms with E-state index in [-0.39, 0.29) is 33.9 Å². The second-order valence-corrected chi connectivity index (χ2v) is 7.30. The Labute approximate surface area is 178 Å². The predicted molar refractivity (Wildman–Crippen MR) is 111 cm³/mol. The van der Waals surface area contributed by atoms with Gasteiger partial charge in [-0.3, -0.25) is 0 Å². The Balaban J connectivity index is 2.55. The molecule has 1 atom stereocenters. The van der Waals surface area contributed by atoms with E-state index in [2.05, 4.69) is 0 Å². The highest BCUT2D eigenvalue weighted by atomic mass is 19.4. The number of phenols is 2. The van der Waals surface area contributed by atoms with Crippen molar-refractivity contribution >= 4 is 0 Å². The van der Waals surface area contributed by atoms with Crippen LogP contribution in [0.5, 0.6) is 23.0 Å². The van der Waals surface area contributed by atoms with Crippen LogP contribution >= 0.6 is 0 Å². The Kier molecular flexibility index (Phi) is 5.81. The average Bonchev–Trinajstić information content (AvgIpc) is 2.73. The van der Waals surface area contributed by atoms with Crippen LogP contribution in [0.2, 0.25) is 0 Å². The van der Waals surface area contributed by atoms with Crippen molar-refractivity contribution in [1.82, 2.24) is 0 Å². The maximum atomic E-state index is 15.2. The lowest BCUT2D eigenvalue weighted by molar-refractivity contribution is -0.166. The number of rotatable bonds is 5. The molecule has 0 spiro atoms. The highest BCUT2D eigenvalue weighted by Crippen LogP contribution is 2.54. The zero-order valence-corrected chi connectivity index (χ0v) is 17.5. The molecule has 4 nitrogen and oxygen atoms in total. The molecule has 31 heavy (non-hydrogen) atoms. The van der Waals surface area contributed by atoms with Gasteiger partial charge in [-0.25, -0.2) is 0 Å². The van der Waals surface area contributed by atoms with Crippen LogP contribution in [-0.2, 0) is 5.41 Å². The Morgan fingerprint density at radius 1 is 0.677 bits per heavy atom. The van der Waals surface area contributed by atoms with Gasteiger partial charge in [0.25, 0.3) is 0 Å². The summed E-state index contributed by atoms with van der Waals surface area (Å²) in [5, 5.41) is 20.5. The molecule has 164 valence electrons. The van der Waals surface area contributed by atoms with Crippen LogP contribution in [0.15, 0.2) is 54.6 Å². The van der Waals surface area contributed by atoms with Gasteiger partial charge in [-0.15, -0.1) is 0 Å². The number of benzene rings is 3. The van der Waals surface area contributed by atoms with Gasteiger partial charge in [0, 0.05) is 0 Å². The van der Waals surface area contributed by atoms with E-state index in [4.69, 9.17) is 9.47 Å². The summed E-state index contributed by atoms with van der Waals surface area (Å²) in [5.74, 6) is -0.748. The van der Waals surface area contributed by atoms with Crippen LogP contribution in [-0.4, -0.2) is 30.6 Å². The molecule has 0 saturated heterocycles. The van der Waals surface area contributed by atoms with Crippen molar-refractivity contribution in [2.24, 2.45) is 0 Å². The third-order valence-corrected chi connectivity index (χ3v) is 5.47. The Bertz CT molecular complexity index is 1050. The minimum atomic E-state index is -4.79. The number of aryl methyl sites for hydroxylation is 2. The molecule has 0 fully saturated rings. The Morgan fingerprint density at radius 2 is 1.13 bits per heavy atom. The molecule has 0 amide bonds. The Hall–Kier alpha value is -3.35. The van der Waals surface area contributed by atoms with E-state index in [0.29, 0.717) is 11.1 Å². The van der Waals surface area contributed by atoms with Crippen LogP contribution in [0, 0.1) is 13.8 Å². The molecule has 0 aliphatic heterocycles. The number of ether oxygens (including phenoxy) is 2. The highest BCUT2D eigenvalue weighted by Gasteiger charge is 2.59. The predicted octanol–water partition coefficient (Wildman–Crippen LogP) is 5.63. The fourth-order valence-electron chi connectivity index (χ4n) is 3.96. The molecule has 0 bridgehead atoms. The van der Waals surface area contributed by atoms with Gasteiger partial charge < -0.3 is 19.7 Å². The average molecular weight is 432 g/mol. The molecule has 0 aliphatic rings. The molecule has 3 rings (SSSR count). The minimum absolute atomic E-state index is 0.0261. The SMILES string of the molecule is COc1cc(C(c2ccccc2)(c2cc(C)c(O)c(C)c2)C(F)(F)F)cc(OC)c1O. The number of methoxy groups -OCH3 is 2. The van der Waals surface area contributed by atoms with Gasteiger partial charge in [-0.2, -0.15) is 13.2 Å². The van der Waals surface area contributed by atoms with Crippen molar-refractivity contribution < 1.29 is 32.9 Å². The van der Waals surface area contributed by atoms with Crippen LogP contribution in [0.25, 0.3) is 0 Å². The lowest BCUT2D eigenvalue weighted by Gasteiger charge is -2.38. The number of halogens is 3. The van der Waals surface area contributed by atoms with Crippen LogP contribution in [0.1, 0.15) is 27.8 Å². The second-order valence-electron chi connectivity index (χ2n) is 7.30. The first-order valence-corrected chi connectivity index (χ1v) is 9.46. The first-order valence-electron chi connectivity index (χ1n) is 9.46. The third kappa shape index (κ3) is 3.54. The van der Waals surface area contributed by atoms with E-state index < -0.39 is 17.3 Å². The van der Waals surface area contributed by atoms with E-state index >= 15 is 13.2 Å². The number of alkyl halides is 3. The highest BCUT2D eigenvalue weighted by molar-refractivity contribution is 5.62. The van der Waals surface area contributed by atoms with E-state index in [9.17, 15) is 10.2 Å². The molecule has 1 unspecified atom stereocenters.